The first-order chi connectivity index (χ1) is 12.2. The third-order valence-corrected chi connectivity index (χ3v) is 5.22. The quantitative estimate of drug-likeness (QED) is 0.721. The first kappa shape index (κ1) is 16.0. The highest BCUT2D eigenvalue weighted by atomic mass is 32.1. The maximum absolute atomic E-state index is 12.7. The molecule has 1 amide bonds. The maximum Gasteiger partial charge on any atom is 0.271 e. The lowest BCUT2D eigenvalue weighted by atomic mass is 10.1. The second-order valence-electron chi connectivity index (χ2n) is 5.92. The van der Waals surface area contributed by atoms with Crippen LogP contribution in [0.3, 0.4) is 0 Å². The Hall–Kier alpha value is -2.51. The zero-order chi connectivity index (χ0) is 17.2. The number of carbonyl (C=O) groups is 1. The summed E-state index contributed by atoms with van der Waals surface area (Å²) in [6.07, 6.45) is 1.32. The molecule has 0 N–H and O–H groups in total. The number of carbonyl (C=O) groups excluding carboxylic acids is 1. The zero-order valence-corrected chi connectivity index (χ0v) is 14.3. The number of morpholine rings is 1. The van der Waals surface area contributed by atoms with Crippen LogP contribution < -0.4 is 5.56 Å². The van der Waals surface area contributed by atoms with E-state index in [0.717, 1.165) is 5.56 Å². The molecule has 1 fully saturated rings. The lowest BCUT2D eigenvalue weighted by Gasteiger charge is -2.33. The summed E-state index contributed by atoms with van der Waals surface area (Å²) in [6, 6.07) is 11.7. The number of hydrogen-bond acceptors (Lipinski definition) is 5. The van der Waals surface area contributed by atoms with E-state index in [2.05, 4.69) is 4.98 Å². The Balaban J connectivity index is 1.50. The average molecular weight is 355 g/mol. The van der Waals surface area contributed by atoms with Crippen LogP contribution in [-0.4, -0.2) is 40.1 Å². The van der Waals surface area contributed by atoms with Gasteiger partial charge in [-0.2, -0.15) is 0 Å². The first-order valence-corrected chi connectivity index (χ1v) is 8.97. The molecule has 0 radical (unpaired) electrons. The minimum Gasteiger partial charge on any atom is -0.370 e. The van der Waals surface area contributed by atoms with Gasteiger partial charge in [0.25, 0.3) is 5.56 Å². The van der Waals surface area contributed by atoms with Gasteiger partial charge in [-0.05, 0) is 17.0 Å². The van der Waals surface area contributed by atoms with Gasteiger partial charge in [0.05, 0.1) is 25.0 Å². The van der Waals surface area contributed by atoms with Gasteiger partial charge in [0, 0.05) is 6.54 Å². The van der Waals surface area contributed by atoms with Crippen molar-refractivity contribution in [2.75, 3.05) is 19.7 Å². The van der Waals surface area contributed by atoms with E-state index in [-0.39, 0.29) is 24.1 Å². The Bertz CT molecular complexity index is 951. The molecule has 128 valence electrons. The van der Waals surface area contributed by atoms with Crippen LogP contribution in [0.2, 0.25) is 0 Å². The number of amides is 1. The second-order valence-corrected chi connectivity index (χ2v) is 6.84. The number of benzene rings is 1. The molecule has 2 aromatic heterocycles. The molecule has 0 unspecified atom stereocenters. The maximum atomic E-state index is 12.7. The lowest BCUT2D eigenvalue weighted by molar-refractivity contribution is -0.139. The van der Waals surface area contributed by atoms with Crippen LogP contribution in [0.4, 0.5) is 0 Å². The molecule has 0 spiro atoms. The molecule has 7 heteroatoms. The number of fused-ring (bicyclic) bond motifs is 1. The van der Waals surface area contributed by atoms with E-state index in [9.17, 15) is 9.59 Å². The largest absolute Gasteiger partial charge is 0.370 e. The summed E-state index contributed by atoms with van der Waals surface area (Å²) in [4.78, 5) is 31.1. The molecule has 1 aliphatic rings. The standard InChI is InChI=1S/C18H17N3O3S/c22-16(11-21-12-19-14-6-9-25-17(14)18(21)23)20-7-8-24-15(10-20)13-4-2-1-3-5-13/h1-6,9,12,15H,7-8,10-11H2/t15-/m0/s1. The van der Waals surface area contributed by atoms with Crippen LogP contribution in [0.1, 0.15) is 11.7 Å². The monoisotopic (exact) mass is 355 g/mol. The van der Waals surface area contributed by atoms with Gasteiger partial charge in [0.1, 0.15) is 17.3 Å². The molecule has 0 aliphatic carbocycles. The zero-order valence-electron chi connectivity index (χ0n) is 13.5. The van der Waals surface area contributed by atoms with Crippen molar-refractivity contribution in [3.8, 4) is 0 Å². The molecule has 1 aliphatic heterocycles. The van der Waals surface area contributed by atoms with Gasteiger partial charge >= 0.3 is 0 Å². The molecule has 6 nitrogen and oxygen atoms in total. The Morgan fingerprint density at radius 3 is 2.96 bits per heavy atom. The van der Waals surface area contributed by atoms with Crippen molar-refractivity contribution in [3.05, 3.63) is 64.0 Å². The van der Waals surface area contributed by atoms with Crippen LogP contribution >= 0.6 is 11.3 Å². The van der Waals surface area contributed by atoms with Crippen molar-refractivity contribution >= 4 is 27.5 Å². The SMILES string of the molecule is O=C(Cn1cnc2ccsc2c1=O)N1CCO[C@H](c2ccccc2)C1. The smallest absolute Gasteiger partial charge is 0.271 e. The molecule has 4 rings (SSSR count). The Morgan fingerprint density at radius 1 is 1.28 bits per heavy atom. The van der Waals surface area contributed by atoms with Gasteiger partial charge in [-0.15, -0.1) is 11.3 Å². The summed E-state index contributed by atoms with van der Waals surface area (Å²) in [6.45, 7) is 1.52. The summed E-state index contributed by atoms with van der Waals surface area (Å²) in [5.74, 6) is -0.0935. The second kappa shape index (κ2) is 6.78. The van der Waals surface area contributed by atoms with Gasteiger partial charge < -0.3 is 9.64 Å². The summed E-state index contributed by atoms with van der Waals surface area (Å²) >= 11 is 1.35. The molecule has 1 atom stereocenters. The van der Waals surface area contributed by atoms with Crippen molar-refractivity contribution in [1.29, 1.82) is 0 Å². The Kier molecular flexibility index (Phi) is 4.33. The van der Waals surface area contributed by atoms with Gasteiger partial charge in [-0.1, -0.05) is 30.3 Å². The highest BCUT2D eigenvalue weighted by molar-refractivity contribution is 7.17. The summed E-state index contributed by atoms with van der Waals surface area (Å²) in [5.41, 5.74) is 1.56. The number of aromatic nitrogens is 2. The predicted molar refractivity (Wildman–Crippen MR) is 95.6 cm³/mol. The molecule has 0 saturated carbocycles. The third kappa shape index (κ3) is 3.20. The van der Waals surface area contributed by atoms with Gasteiger partial charge in [0.15, 0.2) is 0 Å². The highest BCUT2D eigenvalue weighted by Crippen LogP contribution is 2.22. The average Bonchev–Trinajstić information content (AvgIpc) is 3.14. The molecule has 3 aromatic rings. The van der Waals surface area contributed by atoms with Crippen molar-refractivity contribution in [2.45, 2.75) is 12.6 Å². The van der Waals surface area contributed by atoms with E-state index < -0.39 is 0 Å². The highest BCUT2D eigenvalue weighted by Gasteiger charge is 2.25. The van der Waals surface area contributed by atoms with Crippen molar-refractivity contribution in [3.63, 3.8) is 0 Å². The van der Waals surface area contributed by atoms with E-state index in [1.165, 1.54) is 22.2 Å². The van der Waals surface area contributed by atoms with E-state index in [1.54, 1.807) is 11.0 Å². The Morgan fingerprint density at radius 2 is 2.12 bits per heavy atom. The van der Waals surface area contributed by atoms with Crippen LogP contribution in [0, 0.1) is 0 Å². The normalized spacial score (nSPS) is 17.8. The van der Waals surface area contributed by atoms with Crippen molar-refractivity contribution in [2.24, 2.45) is 0 Å². The van der Waals surface area contributed by atoms with E-state index in [4.69, 9.17) is 4.74 Å². The van der Waals surface area contributed by atoms with Gasteiger partial charge in [0.2, 0.25) is 5.91 Å². The topological polar surface area (TPSA) is 64.4 Å². The minimum atomic E-state index is -0.166. The fourth-order valence-electron chi connectivity index (χ4n) is 2.98. The van der Waals surface area contributed by atoms with Crippen LogP contribution in [0.15, 0.2) is 52.9 Å². The summed E-state index contributed by atoms with van der Waals surface area (Å²) in [7, 11) is 0. The van der Waals surface area contributed by atoms with Crippen LogP contribution in [0.25, 0.3) is 10.2 Å². The minimum absolute atomic E-state index is 0.00117. The summed E-state index contributed by atoms with van der Waals surface area (Å²) in [5, 5.41) is 1.83. The molecule has 25 heavy (non-hydrogen) atoms. The number of rotatable bonds is 3. The van der Waals surface area contributed by atoms with Crippen LogP contribution in [0.5, 0.6) is 0 Å². The number of nitrogens with zero attached hydrogens (tertiary/aromatic N) is 3. The van der Waals surface area contributed by atoms with Crippen LogP contribution in [-0.2, 0) is 16.1 Å². The van der Waals surface area contributed by atoms with Gasteiger partial charge in [-0.25, -0.2) is 4.98 Å². The number of ether oxygens (including phenoxy) is 1. The van der Waals surface area contributed by atoms with Crippen molar-refractivity contribution in [1.82, 2.24) is 14.5 Å². The molecule has 1 aromatic carbocycles. The van der Waals surface area contributed by atoms with E-state index in [0.29, 0.717) is 29.9 Å². The van der Waals surface area contributed by atoms with Gasteiger partial charge in [-0.3, -0.25) is 14.2 Å². The number of hydrogen-bond donors (Lipinski definition) is 0. The molecular weight excluding hydrogens is 338 g/mol. The molecule has 3 heterocycles. The first-order valence-electron chi connectivity index (χ1n) is 8.09. The lowest BCUT2D eigenvalue weighted by Crippen LogP contribution is -2.44. The van der Waals surface area contributed by atoms with E-state index >= 15 is 0 Å². The fraction of sp³-hybridized carbons (Fsp3) is 0.278. The molecular formula is C18H17N3O3S. The molecule has 1 saturated heterocycles. The predicted octanol–water partition coefficient (Wildman–Crippen LogP) is 2.06. The Labute approximate surface area is 148 Å². The summed E-state index contributed by atoms with van der Waals surface area (Å²) < 4.78 is 7.76. The third-order valence-electron chi connectivity index (χ3n) is 4.33. The van der Waals surface area contributed by atoms with Crippen molar-refractivity contribution < 1.29 is 9.53 Å². The van der Waals surface area contributed by atoms with E-state index in [1.807, 2.05) is 35.7 Å². The number of thiophene rings is 1. The fourth-order valence-corrected chi connectivity index (χ4v) is 3.78. The molecule has 0 bridgehead atoms.